The van der Waals surface area contributed by atoms with E-state index < -0.39 is 10.0 Å². The Morgan fingerprint density at radius 1 is 1.05 bits per heavy atom. The molecule has 1 fully saturated rings. The van der Waals surface area contributed by atoms with Gasteiger partial charge in [-0.05, 0) is 37.7 Å². The number of nitrogens with zero attached hydrogens (tertiary/aromatic N) is 3. The predicted octanol–water partition coefficient (Wildman–Crippen LogP) is 3.05. The van der Waals surface area contributed by atoms with Crippen molar-refractivity contribution < 1.29 is 27.5 Å². The minimum atomic E-state index is -3.54. The standard InChI is InChI=1S/C27H43N3O6S/c1-5-18-37(34,35)29(19-22(3)4)21-26(32)30(20-23-10-8-7-9-11-23)24-14-16-28(17-15-24)25(31)12-13-27(33)36-6-2/h7-11,22,24H,5-6,12-21H2,1-4H3. The maximum Gasteiger partial charge on any atom is 0.306 e. The number of hydrogen-bond donors (Lipinski definition) is 0. The zero-order valence-corrected chi connectivity index (χ0v) is 23.5. The van der Waals surface area contributed by atoms with E-state index in [9.17, 15) is 22.8 Å². The number of carbonyl (C=O) groups excluding carboxylic acids is 3. The predicted molar refractivity (Wildman–Crippen MR) is 143 cm³/mol. The summed E-state index contributed by atoms with van der Waals surface area (Å²) in [5, 5.41) is 0. The number of amides is 2. The van der Waals surface area contributed by atoms with Crippen molar-refractivity contribution in [2.45, 2.75) is 72.4 Å². The summed E-state index contributed by atoms with van der Waals surface area (Å²) in [5.74, 6) is -0.601. The fourth-order valence-electron chi connectivity index (χ4n) is 4.54. The van der Waals surface area contributed by atoms with Crippen LogP contribution in [-0.2, 0) is 35.7 Å². The van der Waals surface area contributed by atoms with Crippen LogP contribution in [0.4, 0.5) is 0 Å². The van der Waals surface area contributed by atoms with Crippen molar-refractivity contribution >= 4 is 27.8 Å². The Kier molecular flexibility index (Phi) is 12.5. The number of esters is 1. The molecular formula is C27H43N3O6S. The fourth-order valence-corrected chi connectivity index (χ4v) is 6.15. The highest BCUT2D eigenvalue weighted by Gasteiger charge is 2.33. The van der Waals surface area contributed by atoms with Crippen molar-refractivity contribution in [3.63, 3.8) is 0 Å². The number of piperidine rings is 1. The van der Waals surface area contributed by atoms with Gasteiger partial charge in [0.15, 0.2) is 0 Å². The number of rotatable bonds is 14. The van der Waals surface area contributed by atoms with E-state index in [-0.39, 0.29) is 61.5 Å². The number of carbonyl (C=O) groups is 3. The van der Waals surface area contributed by atoms with Gasteiger partial charge in [0.1, 0.15) is 0 Å². The Morgan fingerprint density at radius 2 is 1.70 bits per heavy atom. The molecule has 0 bridgehead atoms. The Bertz CT molecular complexity index is 975. The molecule has 1 aliphatic rings. The Balaban J connectivity index is 2.13. The lowest BCUT2D eigenvalue weighted by Gasteiger charge is -2.39. The van der Waals surface area contributed by atoms with E-state index in [1.165, 1.54) is 4.31 Å². The second-order valence-electron chi connectivity index (χ2n) is 9.93. The van der Waals surface area contributed by atoms with E-state index in [0.717, 1.165) is 5.56 Å². The van der Waals surface area contributed by atoms with Crippen LogP contribution in [0.15, 0.2) is 30.3 Å². The van der Waals surface area contributed by atoms with Gasteiger partial charge < -0.3 is 14.5 Å². The van der Waals surface area contributed by atoms with Crippen molar-refractivity contribution in [1.82, 2.24) is 14.1 Å². The van der Waals surface area contributed by atoms with Crippen LogP contribution in [0.25, 0.3) is 0 Å². The largest absolute Gasteiger partial charge is 0.466 e. The quantitative estimate of drug-likeness (QED) is 0.338. The fraction of sp³-hybridized carbons (Fsp3) is 0.667. The number of sulfonamides is 1. The zero-order chi connectivity index (χ0) is 27.4. The van der Waals surface area contributed by atoms with E-state index in [1.807, 2.05) is 51.1 Å². The Morgan fingerprint density at radius 3 is 2.27 bits per heavy atom. The Labute approximate surface area is 222 Å². The van der Waals surface area contributed by atoms with Gasteiger partial charge in [-0.1, -0.05) is 51.1 Å². The van der Waals surface area contributed by atoms with E-state index in [4.69, 9.17) is 4.74 Å². The highest BCUT2D eigenvalue weighted by atomic mass is 32.2. The van der Waals surface area contributed by atoms with Crippen molar-refractivity contribution in [2.75, 3.05) is 38.5 Å². The van der Waals surface area contributed by atoms with Gasteiger partial charge in [-0.15, -0.1) is 0 Å². The lowest BCUT2D eigenvalue weighted by molar-refractivity contribution is -0.146. The van der Waals surface area contributed by atoms with Crippen LogP contribution in [0.1, 0.15) is 65.4 Å². The van der Waals surface area contributed by atoms with Crippen molar-refractivity contribution in [2.24, 2.45) is 5.92 Å². The molecule has 1 heterocycles. The monoisotopic (exact) mass is 537 g/mol. The molecule has 0 aromatic heterocycles. The van der Waals surface area contributed by atoms with Gasteiger partial charge in [0.05, 0.1) is 25.3 Å². The van der Waals surface area contributed by atoms with Crippen LogP contribution in [0.2, 0.25) is 0 Å². The number of benzene rings is 1. The SMILES string of the molecule is CCCS(=O)(=O)N(CC(=O)N(Cc1ccccc1)C1CCN(C(=O)CCC(=O)OCC)CC1)CC(C)C. The third-order valence-corrected chi connectivity index (χ3v) is 8.35. The molecule has 37 heavy (non-hydrogen) atoms. The summed E-state index contributed by atoms with van der Waals surface area (Å²) in [5.41, 5.74) is 0.968. The van der Waals surface area contributed by atoms with Gasteiger partial charge in [-0.25, -0.2) is 8.42 Å². The molecule has 1 aromatic rings. The molecule has 208 valence electrons. The van der Waals surface area contributed by atoms with Crippen LogP contribution >= 0.6 is 0 Å². The molecule has 0 unspecified atom stereocenters. The molecule has 0 aliphatic carbocycles. The van der Waals surface area contributed by atoms with Gasteiger partial charge in [0.25, 0.3) is 0 Å². The van der Waals surface area contributed by atoms with Crippen molar-refractivity contribution in [3.8, 4) is 0 Å². The molecule has 1 saturated heterocycles. The first-order chi connectivity index (χ1) is 17.6. The molecule has 0 N–H and O–H groups in total. The second-order valence-corrected chi connectivity index (χ2v) is 12.0. The molecule has 0 radical (unpaired) electrons. The third-order valence-electron chi connectivity index (χ3n) is 6.36. The van der Waals surface area contributed by atoms with E-state index in [0.29, 0.717) is 45.4 Å². The van der Waals surface area contributed by atoms with Crippen LogP contribution in [-0.4, -0.2) is 84.9 Å². The molecule has 0 spiro atoms. The Hall–Kier alpha value is -2.46. The van der Waals surface area contributed by atoms with Gasteiger partial charge >= 0.3 is 5.97 Å². The maximum atomic E-state index is 13.6. The zero-order valence-electron chi connectivity index (χ0n) is 22.7. The molecule has 1 aliphatic heterocycles. The van der Waals surface area contributed by atoms with E-state index in [1.54, 1.807) is 16.7 Å². The van der Waals surface area contributed by atoms with E-state index >= 15 is 0 Å². The highest BCUT2D eigenvalue weighted by molar-refractivity contribution is 7.89. The minimum Gasteiger partial charge on any atom is -0.466 e. The lowest BCUT2D eigenvalue weighted by atomic mass is 10.0. The second kappa shape index (κ2) is 15.1. The molecule has 10 heteroatoms. The molecule has 2 amide bonds. The summed E-state index contributed by atoms with van der Waals surface area (Å²) in [7, 11) is -3.54. The van der Waals surface area contributed by atoms with Crippen molar-refractivity contribution in [1.29, 1.82) is 0 Å². The summed E-state index contributed by atoms with van der Waals surface area (Å²) in [6.07, 6.45) is 1.84. The van der Waals surface area contributed by atoms with Crippen LogP contribution < -0.4 is 0 Å². The average molecular weight is 538 g/mol. The molecule has 0 atom stereocenters. The van der Waals surface area contributed by atoms with Gasteiger partial charge in [-0.3, -0.25) is 14.4 Å². The van der Waals surface area contributed by atoms with Gasteiger partial charge in [-0.2, -0.15) is 4.31 Å². The normalized spacial score (nSPS) is 14.7. The van der Waals surface area contributed by atoms with Crippen LogP contribution in [0, 0.1) is 5.92 Å². The summed E-state index contributed by atoms with van der Waals surface area (Å²) in [4.78, 5) is 41.3. The summed E-state index contributed by atoms with van der Waals surface area (Å²) < 4.78 is 32.0. The topological polar surface area (TPSA) is 104 Å². The number of ether oxygens (including phenoxy) is 1. The molecule has 2 rings (SSSR count). The first kappa shape index (κ1) is 30.8. The number of hydrogen-bond acceptors (Lipinski definition) is 6. The molecule has 1 aromatic carbocycles. The van der Waals surface area contributed by atoms with Crippen LogP contribution in [0.5, 0.6) is 0 Å². The molecule has 9 nitrogen and oxygen atoms in total. The smallest absolute Gasteiger partial charge is 0.306 e. The first-order valence-corrected chi connectivity index (χ1v) is 14.9. The molecule has 0 saturated carbocycles. The molecular weight excluding hydrogens is 494 g/mol. The minimum absolute atomic E-state index is 0.0119. The van der Waals surface area contributed by atoms with E-state index in [2.05, 4.69) is 0 Å². The van der Waals surface area contributed by atoms with Gasteiger partial charge in [0, 0.05) is 38.6 Å². The highest BCUT2D eigenvalue weighted by Crippen LogP contribution is 2.21. The van der Waals surface area contributed by atoms with Crippen molar-refractivity contribution in [3.05, 3.63) is 35.9 Å². The van der Waals surface area contributed by atoms with Gasteiger partial charge in [0.2, 0.25) is 21.8 Å². The number of likely N-dealkylation sites (tertiary alicyclic amines) is 1. The first-order valence-electron chi connectivity index (χ1n) is 13.3. The lowest BCUT2D eigenvalue weighted by Crippen LogP contribution is -2.51. The summed E-state index contributed by atoms with van der Waals surface area (Å²) in [6.45, 7) is 9.16. The summed E-state index contributed by atoms with van der Waals surface area (Å²) in [6, 6.07) is 9.54. The summed E-state index contributed by atoms with van der Waals surface area (Å²) >= 11 is 0. The third kappa shape index (κ3) is 10.1. The van der Waals surface area contributed by atoms with Crippen LogP contribution in [0.3, 0.4) is 0 Å². The maximum absolute atomic E-state index is 13.6. The average Bonchev–Trinajstić information content (AvgIpc) is 2.86.